The minimum Gasteiger partial charge on any atom is -0.343 e. The Hall–Kier alpha value is -3.41. The van der Waals surface area contributed by atoms with Crippen LogP contribution in [0.4, 0.5) is 29.1 Å². The minimum absolute atomic E-state index is 0.240. The molecule has 2 rings (SSSR count). The number of pyridine rings is 1. The first-order chi connectivity index (χ1) is 13.6. The van der Waals surface area contributed by atoms with Crippen molar-refractivity contribution < 1.29 is 22.4 Å². The van der Waals surface area contributed by atoms with Crippen LogP contribution < -0.4 is 10.6 Å². The molecule has 1 amide bonds. The Kier molecular flexibility index (Phi) is 6.93. The average molecular weight is 406 g/mol. The maximum Gasteiger partial charge on any atom is 0.417 e. The molecule has 0 bridgehead atoms. The molecule has 9 heteroatoms. The molecule has 0 saturated carbocycles. The first kappa shape index (κ1) is 21.9. The number of carbonyl (C=O) groups excluding carboxylic acids is 1. The van der Waals surface area contributed by atoms with E-state index in [0.717, 1.165) is 12.3 Å². The molecule has 2 aromatic rings. The predicted molar refractivity (Wildman–Crippen MR) is 100 cm³/mol. The number of hydrogen-bond donors (Lipinski definition) is 2. The number of nitrogens with one attached hydrogen (secondary N) is 2. The monoisotopic (exact) mass is 406 g/mol. The van der Waals surface area contributed by atoms with Crippen molar-refractivity contribution in [1.29, 1.82) is 5.26 Å². The van der Waals surface area contributed by atoms with E-state index in [-0.39, 0.29) is 18.1 Å². The molecule has 0 radical (unpaired) electrons. The Morgan fingerprint density at radius 1 is 1.24 bits per heavy atom. The third kappa shape index (κ3) is 6.04. The molecule has 1 aromatic heterocycles. The van der Waals surface area contributed by atoms with Crippen molar-refractivity contribution in [2.24, 2.45) is 5.92 Å². The first-order valence-corrected chi connectivity index (χ1v) is 8.59. The van der Waals surface area contributed by atoms with E-state index in [1.54, 1.807) is 6.92 Å². The largest absolute Gasteiger partial charge is 0.417 e. The molecule has 0 saturated heterocycles. The summed E-state index contributed by atoms with van der Waals surface area (Å²) < 4.78 is 51.9. The summed E-state index contributed by atoms with van der Waals surface area (Å²) in [5.74, 6) is -1.39. The summed E-state index contributed by atoms with van der Waals surface area (Å²) in [6, 6.07) is 7.56. The molecule has 29 heavy (non-hydrogen) atoms. The Morgan fingerprint density at radius 2 is 1.90 bits per heavy atom. The maximum absolute atomic E-state index is 13.0. The fraction of sp³-hybridized carbons (Fsp3) is 0.250. The van der Waals surface area contributed by atoms with Gasteiger partial charge in [-0.05, 0) is 43.2 Å². The van der Waals surface area contributed by atoms with Crippen LogP contribution in [0, 0.1) is 23.1 Å². The zero-order chi connectivity index (χ0) is 21.6. The fourth-order valence-corrected chi connectivity index (χ4v) is 2.46. The number of amides is 1. The minimum atomic E-state index is -4.68. The highest BCUT2D eigenvalue weighted by molar-refractivity contribution is 5.92. The summed E-state index contributed by atoms with van der Waals surface area (Å²) in [4.78, 5) is 16.0. The van der Waals surface area contributed by atoms with E-state index in [4.69, 9.17) is 5.26 Å². The Bertz CT molecular complexity index is 933. The van der Waals surface area contributed by atoms with Gasteiger partial charge in [0, 0.05) is 23.5 Å². The van der Waals surface area contributed by atoms with Gasteiger partial charge in [-0.3, -0.25) is 4.79 Å². The van der Waals surface area contributed by atoms with Gasteiger partial charge in [-0.25, -0.2) is 9.37 Å². The summed E-state index contributed by atoms with van der Waals surface area (Å²) in [7, 11) is 0. The number of aromatic nitrogens is 1. The fourth-order valence-electron chi connectivity index (χ4n) is 2.46. The normalized spacial score (nSPS) is 12.0. The van der Waals surface area contributed by atoms with Gasteiger partial charge in [-0.15, -0.1) is 0 Å². The summed E-state index contributed by atoms with van der Waals surface area (Å²) in [6.45, 7) is 5.40. The van der Waals surface area contributed by atoms with E-state index < -0.39 is 29.0 Å². The summed E-state index contributed by atoms with van der Waals surface area (Å²) >= 11 is 0. The van der Waals surface area contributed by atoms with E-state index >= 15 is 0 Å². The van der Waals surface area contributed by atoms with Crippen molar-refractivity contribution in [3.05, 3.63) is 65.7 Å². The summed E-state index contributed by atoms with van der Waals surface area (Å²) in [5.41, 5.74) is -0.942. The van der Waals surface area contributed by atoms with Crippen molar-refractivity contribution in [2.75, 3.05) is 10.6 Å². The van der Waals surface area contributed by atoms with E-state index in [1.807, 2.05) is 0 Å². The number of alkyl halides is 3. The molecule has 152 valence electrons. The molecule has 0 aliphatic heterocycles. The molecule has 0 aliphatic carbocycles. The molecule has 1 heterocycles. The number of allylic oxidation sites excluding steroid dienone is 1. The van der Waals surface area contributed by atoms with Crippen molar-refractivity contribution >= 4 is 17.4 Å². The van der Waals surface area contributed by atoms with Gasteiger partial charge in [-0.1, -0.05) is 13.5 Å². The van der Waals surface area contributed by atoms with Crippen LogP contribution >= 0.6 is 0 Å². The van der Waals surface area contributed by atoms with Crippen LogP contribution in [0.1, 0.15) is 30.9 Å². The highest BCUT2D eigenvalue weighted by Gasteiger charge is 2.35. The predicted octanol–water partition coefficient (Wildman–Crippen LogP) is 5.09. The number of carbonyl (C=O) groups is 1. The third-order valence-corrected chi connectivity index (χ3v) is 4.10. The lowest BCUT2D eigenvalue weighted by Gasteiger charge is -2.16. The van der Waals surface area contributed by atoms with Crippen molar-refractivity contribution in [2.45, 2.75) is 25.9 Å². The molecule has 2 N–H and O–H groups in total. The Balaban J connectivity index is 1.95. The molecular formula is C20H18F4N4O. The Morgan fingerprint density at radius 3 is 2.48 bits per heavy atom. The molecule has 0 aliphatic rings. The van der Waals surface area contributed by atoms with E-state index in [0.29, 0.717) is 17.8 Å². The SMILES string of the molecule is C=C(CCC(C)C(=O)Nc1ccc(F)cc1)Nc1nccc(C(F)(F)F)c1C#N. The van der Waals surface area contributed by atoms with E-state index in [9.17, 15) is 22.4 Å². The third-order valence-electron chi connectivity index (χ3n) is 4.10. The van der Waals surface area contributed by atoms with Gasteiger partial charge < -0.3 is 10.6 Å². The molecule has 0 spiro atoms. The van der Waals surface area contributed by atoms with Crippen LogP contribution in [0.2, 0.25) is 0 Å². The van der Waals surface area contributed by atoms with Gasteiger partial charge in [0.2, 0.25) is 5.91 Å². The summed E-state index contributed by atoms with van der Waals surface area (Å²) in [5, 5.41) is 14.4. The van der Waals surface area contributed by atoms with Gasteiger partial charge in [0.25, 0.3) is 0 Å². The second kappa shape index (κ2) is 9.19. The van der Waals surface area contributed by atoms with Crippen LogP contribution in [0.5, 0.6) is 0 Å². The van der Waals surface area contributed by atoms with Crippen molar-refractivity contribution in [1.82, 2.24) is 4.98 Å². The number of anilines is 2. The van der Waals surface area contributed by atoms with Crippen LogP contribution in [-0.2, 0) is 11.0 Å². The molecule has 1 atom stereocenters. The zero-order valence-corrected chi connectivity index (χ0v) is 15.5. The quantitative estimate of drug-likeness (QED) is 0.628. The van der Waals surface area contributed by atoms with Gasteiger partial charge in [0.1, 0.15) is 23.3 Å². The number of benzene rings is 1. The number of halogens is 4. The second-order valence-corrected chi connectivity index (χ2v) is 6.36. The maximum atomic E-state index is 13.0. The lowest BCUT2D eigenvalue weighted by Crippen LogP contribution is -2.21. The number of nitrogens with zero attached hydrogens (tertiary/aromatic N) is 2. The topological polar surface area (TPSA) is 77.8 Å². The average Bonchev–Trinajstić information content (AvgIpc) is 2.67. The summed E-state index contributed by atoms with van der Waals surface area (Å²) in [6.07, 6.45) is -3.11. The lowest BCUT2D eigenvalue weighted by atomic mass is 10.0. The molecule has 0 fully saturated rings. The highest BCUT2D eigenvalue weighted by Crippen LogP contribution is 2.34. The van der Waals surface area contributed by atoms with Gasteiger partial charge >= 0.3 is 6.18 Å². The van der Waals surface area contributed by atoms with Crippen LogP contribution in [0.15, 0.2) is 48.8 Å². The number of hydrogen-bond acceptors (Lipinski definition) is 4. The van der Waals surface area contributed by atoms with Gasteiger partial charge in [0.05, 0.1) is 5.56 Å². The van der Waals surface area contributed by atoms with Crippen molar-refractivity contribution in [3.63, 3.8) is 0 Å². The van der Waals surface area contributed by atoms with Crippen LogP contribution in [0.25, 0.3) is 0 Å². The number of nitriles is 1. The highest BCUT2D eigenvalue weighted by atomic mass is 19.4. The molecule has 1 unspecified atom stereocenters. The molecule has 1 aromatic carbocycles. The molecule has 5 nitrogen and oxygen atoms in total. The van der Waals surface area contributed by atoms with E-state index in [2.05, 4.69) is 22.2 Å². The van der Waals surface area contributed by atoms with Crippen LogP contribution in [-0.4, -0.2) is 10.9 Å². The van der Waals surface area contributed by atoms with Gasteiger partial charge in [0.15, 0.2) is 0 Å². The second-order valence-electron chi connectivity index (χ2n) is 6.36. The molecular weight excluding hydrogens is 388 g/mol. The van der Waals surface area contributed by atoms with Gasteiger partial charge in [-0.2, -0.15) is 18.4 Å². The first-order valence-electron chi connectivity index (χ1n) is 8.59. The standard InChI is InChI=1S/C20H18F4N4O/c1-12(19(29)28-15-7-5-14(21)6-8-15)3-4-13(2)27-18-16(11-25)17(9-10-26-18)20(22,23)24/h5-10,12H,2-4H2,1H3,(H,26,27)(H,28,29). The Labute approximate surface area is 165 Å². The van der Waals surface area contributed by atoms with E-state index in [1.165, 1.54) is 30.3 Å². The lowest BCUT2D eigenvalue weighted by molar-refractivity contribution is -0.137. The van der Waals surface area contributed by atoms with Crippen molar-refractivity contribution in [3.8, 4) is 6.07 Å². The smallest absolute Gasteiger partial charge is 0.343 e. The zero-order valence-electron chi connectivity index (χ0n) is 15.5. The number of rotatable bonds is 7. The van der Waals surface area contributed by atoms with Crippen LogP contribution in [0.3, 0.4) is 0 Å².